The molecule has 23 heavy (non-hydrogen) atoms. The monoisotopic (exact) mass is 425 g/mol. The first-order chi connectivity index (χ1) is 9.86. The van der Waals surface area contributed by atoms with Crippen LogP contribution in [0.15, 0.2) is 12.1 Å². The van der Waals surface area contributed by atoms with Crippen molar-refractivity contribution in [1.29, 1.82) is 0 Å². The minimum Gasteiger partial charge on any atom is -1.00 e. The summed E-state index contributed by atoms with van der Waals surface area (Å²) in [6, 6.07) is 0.393. The number of hydrogen-bond donors (Lipinski definition) is 2. The van der Waals surface area contributed by atoms with Crippen molar-refractivity contribution >= 4 is 37.4 Å². The summed E-state index contributed by atoms with van der Waals surface area (Å²) in [4.78, 5) is 0. The van der Waals surface area contributed by atoms with E-state index in [2.05, 4.69) is 0 Å². The first-order valence-corrected chi connectivity index (χ1v) is 6.99. The van der Waals surface area contributed by atoms with E-state index in [-0.39, 0.29) is 30.1 Å². The molecule has 0 saturated carbocycles. The van der Waals surface area contributed by atoms with Crippen molar-refractivity contribution in [2.45, 2.75) is 18.0 Å². The molecule has 0 aromatic heterocycles. The highest BCUT2D eigenvalue weighted by Gasteiger charge is 2.73. The van der Waals surface area contributed by atoms with E-state index in [1.54, 1.807) is 5.25 Å². The molecule has 13 heteroatoms. The maximum Gasteiger partial charge on any atom is 0.435 e. The topological polar surface area (TPSA) is 32.3 Å². The van der Waals surface area contributed by atoms with Crippen LogP contribution in [0, 0.1) is 0 Å². The van der Waals surface area contributed by atoms with Gasteiger partial charge in [-0.3, -0.25) is 5.21 Å². The van der Waals surface area contributed by atoms with Gasteiger partial charge in [-0.2, -0.15) is 26.3 Å². The van der Waals surface area contributed by atoms with E-state index in [1.165, 1.54) is 0 Å². The second kappa shape index (κ2) is 7.72. The quantitative estimate of drug-likeness (QED) is 0.440. The van der Waals surface area contributed by atoms with Crippen LogP contribution in [0.5, 0.6) is 0 Å². The van der Waals surface area contributed by atoms with Gasteiger partial charge in [-0.15, -0.1) is 0 Å². The van der Waals surface area contributed by atoms with E-state index < -0.39 is 42.0 Å². The predicted molar refractivity (Wildman–Crippen MR) is 69.8 cm³/mol. The van der Waals surface area contributed by atoms with Crippen LogP contribution in [-0.2, 0) is 5.67 Å². The van der Waals surface area contributed by atoms with Crippen LogP contribution in [0.25, 0.3) is 0 Å². The molecule has 132 valence electrons. The number of nitrogens with one attached hydrogen (secondary N) is 1. The third kappa shape index (κ3) is 4.41. The van der Waals surface area contributed by atoms with Crippen LogP contribution in [0.3, 0.4) is 0 Å². The molecule has 0 radical (unpaired) electrons. The molecule has 0 aliphatic carbocycles. The van der Waals surface area contributed by atoms with Gasteiger partial charge >= 0.3 is 18.0 Å². The molecule has 1 unspecified atom stereocenters. The molecule has 0 heterocycles. The Kier molecular flexibility index (Phi) is 7.61. The Bertz CT molecular complexity index is 554. The lowest BCUT2D eigenvalue weighted by atomic mass is 9.93. The number of alkyl halides is 7. The van der Waals surface area contributed by atoms with Gasteiger partial charge in [0.1, 0.15) is 5.80 Å². The summed E-state index contributed by atoms with van der Waals surface area (Å²) in [7, 11) is -0.480. The van der Waals surface area contributed by atoms with E-state index in [9.17, 15) is 30.7 Å². The number of rotatable bonds is 3. The molecular weight excluding hydrogens is 420 g/mol. The summed E-state index contributed by atoms with van der Waals surface area (Å²) in [5.41, 5.74) is -7.53. The fourth-order valence-electron chi connectivity index (χ4n) is 1.51. The molecule has 0 fully saturated rings. The summed E-state index contributed by atoms with van der Waals surface area (Å²) < 4.78 is 89.6. The van der Waals surface area contributed by atoms with E-state index in [1.807, 2.05) is 0 Å². The zero-order chi connectivity index (χ0) is 17.3. The van der Waals surface area contributed by atoms with Gasteiger partial charge in [-0.05, 0) is 17.4 Å². The third-order valence-electron chi connectivity index (χ3n) is 2.54. The fourth-order valence-corrected chi connectivity index (χ4v) is 2.81. The van der Waals surface area contributed by atoms with Crippen LogP contribution in [0.4, 0.5) is 30.7 Å². The average Bonchev–Trinajstić information content (AvgIpc) is 2.33. The Hall–Kier alpha value is -0.310. The zero-order valence-corrected chi connectivity index (χ0v) is 13.7. The van der Waals surface area contributed by atoms with Crippen molar-refractivity contribution in [3.8, 4) is 0 Å². The molecule has 1 aromatic carbocycles. The summed E-state index contributed by atoms with van der Waals surface area (Å²) in [6.45, 7) is 0. The SMILES string of the molecule is ON[PH+]=Cc1c(Cl)cc(C(F)(C(F)(F)F)C(F)(F)F)cc1Cl.[Cl-]. The molecule has 0 spiro atoms. The van der Waals surface area contributed by atoms with Gasteiger partial charge in [0.2, 0.25) is 0 Å². The zero-order valence-electron chi connectivity index (χ0n) is 10.5. The standard InChI is InChI=1S/C10H5Cl2F7NOP.ClH/c11-6-1-4(2-7(12)5(6)3-22-20-21)8(13,9(14,15)16)10(17,18)19;/h1-3,20-21H;1H. The van der Waals surface area contributed by atoms with Gasteiger partial charge < -0.3 is 12.4 Å². The Morgan fingerprint density at radius 2 is 1.35 bits per heavy atom. The molecule has 0 amide bonds. The van der Waals surface area contributed by atoms with E-state index >= 15 is 0 Å². The lowest BCUT2D eigenvalue weighted by Gasteiger charge is -2.30. The van der Waals surface area contributed by atoms with Gasteiger partial charge in [0, 0.05) is 5.56 Å². The van der Waals surface area contributed by atoms with Crippen molar-refractivity contribution in [3.63, 3.8) is 0 Å². The van der Waals surface area contributed by atoms with Crippen molar-refractivity contribution in [3.05, 3.63) is 33.3 Å². The van der Waals surface area contributed by atoms with Gasteiger partial charge in [0.05, 0.1) is 15.6 Å². The Balaban J connectivity index is 0.00000484. The van der Waals surface area contributed by atoms with Crippen LogP contribution >= 0.6 is 31.6 Å². The van der Waals surface area contributed by atoms with E-state index in [0.29, 0.717) is 0 Å². The Labute approximate surface area is 142 Å². The molecule has 0 aliphatic heterocycles. The normalized spacial score (nSPS) is 13.3. The molecule has 0 saturated heterocycles. The van der Waals surface area contributed by atoms with Crippen molar-refractivity contribution in [2.75, 3.05) is 0 Å². The van der Waals surface area contributed by atoms with Crippen molar-refractivity contribution in [1.82, 2.24) is 5.25 Å². The largest absolute Gasteiger partial charge is 1.00 e. The Morgan fingerprint density at radius 1 is 0.957 bits per heavy atom. The van der Waals surface area contributed by atoms with Crippen LogP contribution in [0.1, 0.15) is 11.1 Å². The molecular formula is C10H6Cl3F7NOP. The lowest BCUT2D eigenvalue weighted by Crippen LogP contribution is -3.00. The predicted octanol–water partition coefficient (Wildman–Crippen LogP) is 2.01. The Morgan fingerprint density at radius 3 is 1.65 bits per heavy atom. The molecule has 0 bridgehead atoms. The summed E-state index contributed by atoms with van der Waals surface area (Å²) >= 11 is 11.1. The van der Waals surface area contributed by atoms with Crippen molar-refractivity contribution < 1.29 is 48.3 Å². The lowest BCUT2D eigenvalue weighted by molar-refractivity contribution is -0.348. The second-order valence-electron chi connectivity index (χ2n) is 3.91. The molecule has 1 aromatic rings. The molecule has 1 atom stereocenters. The first kappa shape index (κ1) is 22.7. The van der Waals surface area contributed by atoms with Crippen molar-refractivity contribution in [2.24, 2.45) is 0 Å². The first-order valence-electron chi connectivity index (χ1n) is 5.16. The van der Waals surface area contributed by atoms with Gasteiger partial charge in [0.15, 0.2) is 8.35 Å². The molecule has 0 aliphatic rings. The maximum absolute atomic E-state index is 13.9. The van der Waals surface area contributed by atoms with Crippen LogP contribution in [-0.4, -0.2) is 23.4 Å². The summed E-state index contributed by atoms with van der Waals surface area (Å²) in [5.74, 6) is 1.12. The van der Waals surface area contributed by atoms with Crippen LogP contribution in [0.2, 0.25) is 10.0 Å². The smallest absolute Gasteiger partial charge is 0.435 e. The number of hydrogen-bond acceptors (Lipinski definition) is 2. The third-order valence-corrected chi connectivity index (χ3v) is 3.73. The number of benzene rings is 1. The average molecular weight is 426 g/mol. The summed E-state index contributed by atoms with van der Waals surface area (Å²) in [5, 5.41) is 8.83. The number of halogens is 10. The minimum atomic E-state index is -6.25. The van der Waals surface area contributed by atoms with Gasteiger partial charge in [-0.1, -0.05) is 23.2 Å². The van der Waals surface area contributed by atoms with Gasteiger partial charge in [-0.25, -0.2) is 4.39 Å². The molecule has 1 rings (SSSR count). The highest BCUT2D eigenvalue weighted by atomic mass is 35.5. The fraction of sp³-hybridized carbons (Fsp3) is 0.300. The summed E-state index contributed by atoms with van der Waals surface area (Å²) in [6.07, 6.45) is -12.5. The molecule has 2 nitrogen and oxygen atoms in total. The highest BCUT2D eigenvalue weighted by Crippen LogP contribution is 2.54. The van der Waals surface area contributed by atoms with Crippen LogP contribution < -0.4 is 17.7 Å². The van der Waals surface area contributed by atoms with Gasteiger partial charge in [0.25, 0.3) is 0 Å². The van der Waals surface area contributed by atoms with E-state index in [0.717, 1.165) is 5.80 Å². The highest BCUT2D eigenvalue weighted by molar-refractivity contribution is 7.36. The maximum atomic E-state index is 13.9. The molecule has 2 N–H and O–H groups in total. The van der Waals surface area contributed by atoms with E-state index in [4.69, 9.17) is 28.4 Å². The minimum absolute atomic E-state index is 0. The second-order valence-corrected chi connectivity index (χ2v) is 5.52.